The number of carboxylic acid groups (broad SMARTS) is 1. The molecule has 0 radical (unpaired) electrons. The van der Waals surface area contributed by atoms with Gasteiger partial charge in [0, 0.05) is 0 Å². The number of aliphatic carboxylic acids is 1. The predicted octanol–water partition coefficient (Wildman–Crippen LogP) is 4.09. The van der Waals surface area contributed by atoms with Crippen molar-refractivity contribution in [2.24, 2.45) is 40.4 Å². The Morgan fingerprint density at radius 3 is 2.35 bits per heavy atom. The summed E-state index contributed by atoms with van der Waals surface area (Å²) in [5.74, 6) is 2.12. The average Bonchev–Trinajstić information content (AvgIpc) is 2.85. The smallest absolute Gasteiger partial charge is 0.307 e. The first-order valence-corrected chi connectivity index (χ1v) is 9.77. The third-order valence-corrected chi connectivity index (χ3v) is 8.94. The molecule has 0 aliphatic heterocycles. The molecule has 0 saturated heterocycles. The SMILES string of the molecule is C[C@]12CC[C@@H](O)CC1CC[C@@H]1C2CC[C@@]2(C)C1CC[C@@H]2C(=O)O. The Balaban J connectivity index is 1.61. The summed E-state index contributed by atoms with van der Waals surface area (Å²) in [6.45, 7) is 4.77. The van der Waals surface area contributed by atoms with Gasteiger partial charge in [-0.3, -0.25) is 4.79 Å². The molecular formula is C20H32O3. The Bertz CT molecular complexity index is 503. The number of rotatable bonds is 1. The lowest BCUT2D eigenvalue weighted by atomic mass is 9.44. The molecule has 3 nitrogen and oxygen atoms in total. The largest absolute Gasteiger partial charge is 0.481 e. The molecule has 0 aromatic heterocycles. The summed E-state index contributed by atoms with van der Waals surface area (Å²) >= 11 is 0. The fourth-order valence-corrected chi connectivity index (χ4v) is 7.64. The van der Waals surface area contributed by atoms with Gasteiger partial charge in [-0.25, -0.2) is 0 Å². The average molecular weight is 320 g/mol. The van der Waals surface area contributed by atoms with Crippen LogP contribution in [0.3, 0.4) is 0 Å². The van der Waals surface area contributed by atoms with Crippen LogP contribution in [0, 0.1) is 40.4 Å². The van der Waals surface area contributed by atoms with Gasteiger partial charge in [-0.2, -0.15) is 0 Å². The molecule has 130 valence electrons. The van der Waals surface area contributed by atoms with Gasteiger partial charge >= 0.3 is 5.97 Å². The number of fused-ring (bicyclic) bond motifs is 5. The highest BCUT2D eigenvalue weighted by atomic mass is 16.4. The maximum absolute atomic E-state index is 11.7. The van der Waals surface area contributed by atoms with Crippen LogP contribution in [-0.2, 0) is 4.79 Å². The molecule has 8 atom stereocenters. The Morgan fingerprint density at radius 1 is 0.913 bits per heavy atom. The third kappa shape index (κ3) is 2.14. The maximum atomic E-state index is 11.7. The van der Waals surface area contributed by atoms with Gasteiger partial charge < -0.3 is 10.2 Å². The van der Waals surface area contributed by atoms with E-state index in [9.17, 15) is 15.0 Å². The summed E-state index contributed by atoms with van der Waals surface area (Å²) in [6, 6.07) is 0. The molecule has 0 spiro atoms. The molecule has 0 bridgehead atoms. The van der Waals surface area contributed by atoms with Crippen molar-refractivity contribution in [2.45, 2.75) is 77.7 Å². The molecule has 2 N–H and O–H groups in total. The molecule has 4 rings (SSSR count). The molecule has 0 aromatic carbocycles. The summed E-state index contributed by atoms with van der Waals surface area (Å²) in [6.07, 6.45) is 9.90. The second-order valence-electron chi connectivity index (χ2n) is 9.60. The summed E-state index contributed by atoms with van der Waals surface area (Å²) in [4.78, 5) is 11.7. The van der Waals surface area contributed by atoms with Crippen molar-refractivity contribution in [1.82, 2.24) is 0 Å². The van der Waals surface area contributed by atoms with Gasteiger partial charge in [-0.05, 0) is 92.3 Å². The van der Waals surface area contributed by atoms with Crippen LogP contribution in [0.4, 0.5) is 0 Å². The highest BCUT2D eigenvalue weighted by molar-refractivity contribution is 5.71. The fourth-order valence-electron chi connectivity index (χ4n) is 7.64. The Labute approximate surface area is 139 Å². The van der Waals surface area contributed by atoms with E-state index in [-0.39, 0.29) is 17.4 Å². The molecule has 23 heavy (non-hydrogen) atoms. The molecule has 3 unspecified atom stereocenters. The first kappa shape index (κ1) is 15.9. The standard InChI is InChI=1S/C20H32O3/c1-19-9-7-13(21)11-12(19)3-4-14-15-5-6-17(18(22)23)20(15,2)10-8-16(14)19/h12-17,21H,3-11H2,1-2H3,(H,22,23)/t12?,13-,14+,15?,16?,17-,19+,20+/m1/s1. The van der Waals surface area contributed by atoms with E-state index >= 15 is 0 Å². The van der Waals surface area contributed by atoms with Crippen LogP contribution < -0.4 is 0 Å². The topological polar surface area (TPSA) is 57.5 Å². The first-order valence-electron chi connectivity index (χ1n) is 9.77. The van der Waals surface area contributed by atoms with Crippen molar-refractivity contribution in [1.29, 1.82) is 0 Å². The minimum Gasteiger partial charge on any atom is -0.481 e. The number of hydrogen-bond acceptors (Lipinski definition) is 2. The molecule has 3 heteroatoms. The van der Waals surface area contributed by atoms with Crippen LogP contribution in [0.2, 0.25) is 0 Å². The second-order valence-corrected chi connectivity index (χ2v) is 9.60. The van der Waals surface area contributed by atoms with E-state index in [0.29, 0.717) is 17.3 Å². The van der Waals surface area contributed by atoms with Crippen LogP contribution in [0.1, 0.15) is 71.6 Å². The van der Waals surface area contributed by atoms with Crippen molar-refractivity contribution in [2.75, 3.05) is 0 Å². The van der Waals surface area contributed by atoms with Crippen molar-refractivity contribution >= 4 is 5.97 Å². The zero-order chi connectivity index (χ0) is 16.4. The molecular weight excluding hydrogens is 288 g/mol. The second kappa shape index (κ2) is 5.21. The van der Waals surface area contributed by atoms with Gasteiger partial charge in [0.25, 0.3) is 0 Å². The number of carbonyl (C=O) groups is 1. The molecule has 0 amide bonds. The van der Waals surface area contributed by atoms with Crippen molar-refractivity contribution in [3.8, 4) is 0 Å². The lowest BCUT2D eigenvalue weighted by Crippen LogP contribution is -2.54. The summed E-state index contributed by atoms with van der Waals surface area (Å²) in [7, 11) is 0. The number of hydrogen-bond donors (Lipinski definition) is 2. The minimum absolute atomic E-state index is 0.0321. The lowest BCUT2D eigenvalue weighted by Gasteiger charge is -2.60. The van der Waals surface area contributed by atoms with Crippen molar-refractivity contribution in [3.05, 3.63) is 0 Å². The Kier molecular flexibility index (Phi) is 3.61. The minimum atomic E-state index is -0.561. The highest BCUT2D eigenvalue weighted by Gasteiger charge is 2.61. The quantitative estimate of drug-likeness (QED) is 0.765. The van der Waals surface area contributed by atoms with Crippen LogP contribution >= 0.6 is 0 Å². The van der Waals surface area contributed by atoms with Crippen molar-refractivity contribution in [3.63, 3.8) is 0 Å². The zero-order valence-corrected chi connectivity index (χ0v) is 14.6. The predicted molar refractivity (Wildman–Crippen MR) is 88.9 cm³/mol. The fraction of sp³-hybridized carbons (Fsp3) is 0.950. The summed E-state index contributed by atoms with van der Waals surface area (Å²) < 4.78 is 0. The number of aliphatic hydroxyl groups is 1. The van der Waals surface area contributed by atoms with E-state index in [0.717, 1.165) is 43.9 Å². The van der Waals surface area contributed by atoms with E-state index in [1.165, 1.54) is 25.7 Å². The van der Waals surface area contributed by atoms with E-state index in [2.05, 4.69) is 13.8 Å². The first-order chi connectivity index (χ1) is 10.9. The molecule has 4 aliphatic carbocycles. The molecule has 4 aliphatic rings. The molecule has 4 saturated carbocycles. The monoisotopic (exact) mass is 320 g/mol. The number of aliphatic hydroxyl groups excluding tert-OH is 1. The van der Waals surface area contributed by atoms with E-state index in [1.807, 2.05) is 0 Å². The normalized spacial score (nSPS) is 55.6. The van der Waals surface area contributed by atoms with Crippen LogP contribution in [0.15, 0.2) is 0 Å². The van der Waals surface area contributed by atoms with E-state index in [1.54, 1.807) is 0 Å². The van der Waals surface area contributed by atoms with Gasteiger partial charge in [-0.1, -0.05) is 13.8 Å². The highest BCUT2D eigenvalue weighted by Crippen LogP contribution is 2.67. The summed E-state index contributed by atoms with van der Waals surface area (Å²) in [5.41, 5.74) is 0.426. The van der Waals surface area contributed by atoms with Crippen LogP contribution in [0.5, 0.6) is 0 Å². The van der Waals surface area contributed by atoms with Crippen LogP contribution in [0.25, 0.3) is 0 Å². The Morgan fingerprint density at radius 2 is 1.61 bits per heavy atom. The number of carboxylic acids is 1. The third-order valence-electron chi connectivity index (χ3n) is 8.94. The lowest BCUT2D eigenvalue weighted by molar-refractivity contribution is -0.154. The molecule has 0 aromatic rings. The van der Waals surface area contributed by atoms with Crippen molar-refractivity contribution < 1.29 is 15.0 Å². The molecule has 4 fully saturated rings. The van der Waals surface area contributed by atoms with E-state index in [4.69, 9.17) is 0 Å². The van der Waals surface area contributed by atoms with Gasteiger partial charge in [0.1, 0.15) is 0 Å². The van der Waals surface area contributed by atoms with Gasteiger partial charge in [0.05, 0.1) is 12.0 Å². The Hall–Kier alpha value is -0.570. The van der Waals surface area contributed by atoms with Gasteiger partial charge in [0.15, 0.2) is 0 Å². The zero-order valence-electron chi connectivity index (χ0n) is 14.6. The molecule has 0 heterocycles. The summed E-state index contributed by atoms with van der Waals surface area (Å²) in [5, 5.41) is 19.7. The van der Waals surface area contributed by atoms with Crippen LogP contribution in [-0.4, -0.2) is 22.3 Å². The van der Waals surface area contributed by atoms with E-state index < -0.39 is 5.97 Å². The van der Waals surface area contributed by atoms with Gasteiger partial charge in [-0.15, -0.1) is 0 Å². The van der Waals surface area contributed by atoms with Gasteiger partial charge in [0.2, 0.25) is 0 Å². The maximum Gasteiger partial charge on any atom is 0.307 e.